The number of fused-ring (bicyclic) bond motifs is 1. The number of carbonyl (C=O) groups is 2. The molecule has 0 atom stereocenters. The van der Waals surface area contributed by atoms with Gasteiger partial charge in [0.1, 0.15) is 6.61 Å². The minimum absolute atomic E-state index is 0.0678. The highest BCUT2D eigenvalue weighted by atomic mass is 16.5. The van der Waals surface area contributed by atoms with Crippen LogP contribution in [0.4, 0.5) is 5.69 Å². The fraction of sp³-hybridized carbons (Fsp3) is 0.267. The van der Waals surface area contributed by atoms with E-state index >= 15 is 0 Å². The number of ether oxygens (including phenoxy) is 1. The number of benzene rings is 1. The van der Waals surface area contributed by atoms with Gasteiger partial charge in [-0.05, 0) is 19.9 Å². The largest absolute Gasteiger partial charge is 0.397 e. The Bertz CT molecular complexity index is 700. The molecular weight excluding hydrogens is 284 g/mol. The zero-order valence-corrected chi connectivity index (χ0v) is 12.4. The van der Waals surface area contributed by atoms with E-state index in [9.17, 15) is 9.59 Å². The van der Waals surface area contributed by atoms with E-state index in [4.69, 9.17) is 10.5 Å². The summed E-state index contributed by atoms with van der Waals surface area (Å²) < 4.78 is 5.12. The van der Waals surface area contributed by atoms with E-state index in [1.807, 2.05) is 26.0 Å². The maximum Gasteiger partial charge on any atom is 0.273 e. The van der Waals surface area contributed by atoms with Gasteiger partial charge in [0, 0.05) is 11.6 Å². The minimum atomic E-state index is -0.534. The highest BCUT2D eigenvalue weighted by Gasteiger charge is 2.14. The minimum Gasteiger partial charge on any atom is -0.397 e. The van der Waals surface area contributed by atoms with Crippen molar-refractivity contribution >= 4 is 28.4 Å². The van der Waals surface area contributed by atoms with Crippen molar-refractivity contribution in [1.82, 2.24) is 15.8 Å². The fourth-order valence-electron chi connectivity index (χ4n) is 1.82. The van der Waals surface area contributed by atoms with Crippen LogP contribution in [0.25, 0.3) is 10.9 Å². The molecule has 7 heteroatoms. The molecule has 0 saturated heterocycles. The van der Waals surface area contributed by atoms with Crippen molar-refractivity contribution in [2.75, 3.05) is 12.3 Å². The van der Waals surface area contributed by atoms with Crippen LogP contribution in [0.15, 0.2) is 30.5 Å². The Labute approximate surface area is 127 Å². The van der Waals surface area contributed by atoms with Gasteiger partial charge < -0.3 is 10.5 Å². The van der Waals surface area contributed by atoms with E-state index in [2.05, 4.69) is 15.8 Å². The summed E-state index contributed by atoms with van der Waals surface area (Å²) in [5.41, 5.74) is 11.8. The van der Waals surface area contributed by atoms with Gasteiger partial charge >= 0.3 is 0 Å². The molecule has 1 aromatic carbocycles. The number of nitrogens with zero attached hydrogens (tertiary/aromatic N) is 1. The topological polar surface area (TPSA) is 106 Å². The third-order valence-electron chi connectivity index (χ3n) is 2.92. The average molecular weight is 302 g/mol. The number of amides is 2. The summed E-state index contributed by atoms with van der Waals surface area (Å²) in [6, 6.07) is 7.23. The van der Waals surface area contributed by atoms with Crippen LogP contribution < -0.4 is 16.6 Å². The number of hydrazine groups is 1. The maximum absolute atomic E-state index is 12.1. The van der Waals surface area contributed by atoms with Gasteiger partial charge in [-0.2, -0.15) is 0 Å². The number of pyridine rings is 1. The number of hydrogen-bond donors (Lipinski definition) is 3. The van der Waals surface area contributed by atoms with E-state index in [0.717, 1.165) is 0 Å². The zero-order valence-electron chi connectivity index (χ0n) is 12.4. The first-order valence-corrected chi connectivity index (χ1v) is 6.83. The highest BCUT2D eigenvalue weighted by molar-refractivity contribution is 6.06. The average Bonchev–Trinajstić information content (AvgIpc) is 2.51. The number of para-hydroxylation sites is 1. The van der Waals surface area contributed by atoms with E-state index in [-0.39, 0.29) is 18.3 Å². The predicted octanol–water partition coefficient (Wildman–Crippen LogP) is 1.00. The molecule has 22 heavy (non-hydrogen) atoms. The van der Waals surface area contributed by atoms with Gasteiger partial charge in [0.05, 0.1) is 22.9 Å². The summed E-state index contributed by atoms with van der Waals surface area (Å²) in [7, 11) is 0. The van der Waals surface area contributed by atoms with E-state index in [1.54, 1.807) is 12.1 Å². The Morgan fingerprint density at radius 3 is 2.73 bits per heavy atom. The van der Waals surface area contributed by atoms with Crippen molar-refractivity contribution in [3.63, 3.8) is 0 Å². The lowest BCUT2D eigenvalue weighted by atomic mass is 10.1. The van der Waals surface area contributed by atoms with Gasteiger partial charge in [0.25, 0.3) is 11.8 Å². The second-order valence-corrected chi connectivity index (χ2v) is 4.96. The number of aromatic nitrogens is 1. The van der Waals surface area contributed by atoms with Crippen LogP contribution in [0.3, 0.4) is 0 Å². The summed E-state index contributed by atoms with van der Waals surface area (Å²) in [6.45, 7) is 3.49. The molecule has 0 aliphatic rings. The van der Waals surface area contributed by atoms with Crippen LogP contribution in [0.1, 0.15) is 24.2 Å². The molecule has 116 valence electrons. The lowest BCUT2D eigenvalue weighted by Crippen LogP contribution is -2.43. The van der Waals surface area contributed by atoms with Crippen LogP contribution in [0, 0.1) is 0 Å². The van der Waals surface area contributed by atoms with Gasteiger partial charge in [0.2, 0.25) is 0 Å². The van der Waals surface area contributed by atoms with E-state index in [0.29, 0.717) is 16.6 Å². The first-order chi connectivity index (χ1) is 10.5. The molecule has 7 nitrogen and oxygen atoms in total. The highest BCUT2D eigenvalue weighted by Crippen LogP contribution is 2.22. The van der Waals surface area contributed by atoms with Crippen molar-refractivity contribution in [2.45, 2.75) is 20.0 Å². The molecule has 1 aromatic heterocycles. The molecule has 0 unspecified atom stereocenters. The second-order valence-electron chi connectivity index (χ2n) is 4.96. The number of carbonyl (C=O) groups excluding carboxylic acids is 2. The monoisotopic (exact) mass is 302 g/mol. The van der Waals surface area contributed by atoms with Gasteiger partial charge in [-0.1, -0.05) is 18.2 Å². The molecule has 0 aliphatic heterocycles. The molecular formula is C15H18N4O3. The zero-order chi connectivity index (χ0) is 16.1. The molecule has 0 radical (unpaired) electrons. The SMILES string of the molecule is CC(C)OCC(=O)NNC(=O)c1cnc2ccccc2c1N. The number of anilines is 1. The summed E-state index contributed by atoms with van der Waals surface area (Å²) in [5, 5.41) is 0.685. The van der Waals surface area contributed by atoms with Crippen LogP contribution >= 0.6 is 0 Å². The Morgan fingerprint density at radius 2 is 2.00 bits per heavy atom. The number of nitrogen functional groups attached to an aromatic ring is 1. The molecule has 0 spiro atoms. The lowest BCUT2D eigenvalue weighted by Gasteiger charge is -2.11. The van der Waals surface area contributed by atoms with Gasteiger partial charge in [-0.15, -0.1) is 0 Å². The smallest absolute Gasteiger partial charge is 0.273 e. The van der Waals surface area contributed by atoms with Crippen molar-refractivity contribution < 1.29 is 14.3 Å². The first kappa shape index (κ1) is 15.7. The van der Waals surface area contributed by atoms with Crippen molar-refractivity contribution in [2.24, 2.45) is 0 Å². The Morgan fingerprint density at radius 1 is 1.27 bits per heavy atom. The summed E-state index contributed by atoms with van der Waals surface area (Å²) in [4.78, 5) is 27.7. The summed E-state index contributed by atoms with van der Waals surface area (Å²) >= 11 is 0. The molecule has 2 aromatic rings. The fourth-order valence-corrected chi connectivity index (χ4v) is 1.82. The van der Waals surface area contributed by atoms with Gasteiger partial charge in [-0.25, -0.2) is 0 Å². The number of nitrogens with one attached hydrogen (secondary N) is 2. The summed E-state index contributed by atoms with van der Waals surface area (Å²) in [6.07, 6.45) is 1.31. The summed E-state index contributed by atoms with van der Waals surface area (Å²) in [5.74, 6) is -0.983. The molecule has 4 N–H and O–H groups in total. The maximum atomic E-state index is 12.1. The molecule has 0 aliphatic carbocycles. The van der Waals surface area contributed by atoms with Crippen molar-refractivity contribution in [3.05, 3.63) is 36.0 Å². The lowest BCUT2D eigenvalue weighted by molar-refractivity contribution is -0.127. The number of hydrogen-bond acceptors (Lipinski definition) is 5. The van der Waals surface area contributed by atoms with E-state index < -0.39 is 11.8 Å². The van der Waals surface area contributed by atoms with Gasteiger partial charge in [-0.3, -0.25) is 25.4 Å². The van der Waals surface area contributed by atoms with Crippen molar-refractivity contribution in [3.8, 4) is 0 Å². The number of rotatable bonds is 4. The molecule has 0 bridgehead atoms. The van der Waals surface area contributed by atoms with E-state index in [1.165, 1.54) is 6.20 Å². The van der Waals surface area contributed by atoms with Crippen LogP contribution in [0.2, 0.25) is 0 Å². The predicted molar refractivity (Wildman–Crippen MR) is 82.9 cm³/mol. The molecule has 0 fully saturated rings. The van der Waals surface area contributed by atoms with Crippen LogP contribution in [-0.4, -0.2) is 29.5 Å². The second kappa shape index (κ2) is 6.86. The molecule has 2 amide bonds. The van der Waals surface area contributed by atoms with Crippen LogP contribution in [0.5, 0.6) is 0 Å². The first-order valence-electron chi connectivity index (χ1n) is 6.83. The Kier molecular flexibility index (Phi) is 4.90. The standard InChI is InChI=1S/C15H18N4O3/c1-9(2)22-8-13(20)18-19-15(21)11-7-17-12-6-4-3-5-10(12)14(11)16/h3-7,9H,8H2,1-2H3,(H2,16,17)(H,18,20)(H,19,21). The Hall–Kier alpha value is -2.67. The normalized spacial score (nSPS) is 10.7. The van der Waals surface area contributed by atoms with Gasteiger partial charge in [0.15, 0.2) is 0 Å². The van der Waals surface area contributed by atoms with Crippen molar-refractivity contribution in [1.29, 1.82) is 0 Å². The third-order valence-corrected chi connectivity index (χ3v) is 2.92. The quantitative estimate of drug-likeness (QED) is 0.731. The molecule has 2 rings (SSSR count). The number of nitrogens with two attached hydrogens (primary N) is 1. The Balaban J connectivity index is 2.04. The third kappa shape index (κ3) is 3.70. The molecule has 0 saturated carbocycles. The molecule has 1 heterocycles. The van der Waals surface area contributed by atoms with Crippen LogP contribution in [-0.2, 0) is 9.53 Å².